The molecule has 0 spiro atoms. The number of thioether (sulfide) groups is 1. The zero-order valence-corrected chi connectivity index (χ0v) is 12.8. The largest absolute Gasteiger partial charge is 0.493 e. The number of hydrogen-bond acceptors (Lipinski definition) is 5. The van der Waals surface area contributed by atoms with Crippen LogP contribution in [0.2, 0.25) is 0 Å². The van der Waals surface area contributed by atoms with Gasteiger partial charge in [0.05, 0.1) is 13.3 Å². The Hall–Kier alpha value is -1.82. The summed E-state index contributed by atoms with van der Waals surface area (Å²) < 4.78 is 11.7. The summed E-state index contributed by atoms with van der Waals surface area (Å²) in [6.07, 6.45) is 4.06. The molecule has 0 saturated carbocycles. The molecule has 21 heavy (non-hydrogen) atoms. The average Bonchev–Trinajstić information content (AvgIpc) is 2.94. The van der Waals surface area contributed by atoms with E-state index in [2.05, 4.69) is 10.2 Å². The summed E-state index contributed by atoms with van der Waals surface area (Å²) in [5.41, 5.74) is 7.71. The quantitative estimate of drug-likeness (QED) is 0.908. The molecule has 0 atom stereocenters. The van der Waals surface area contributed by atoms with Gasteiger partial charge in [-0.05, 0) is 30.4 Å². The molecule has 0 radical (unpaired) electrons. The van der Waals surface area contributed by atoms with E-state index in [1.165, 1.54) is 0 Å². The third kappa shape index (κ3) is 2.95. The van der Waals surface area contributed by atoms with Crippen LogP contribution in [-0.2, 0) is 0 Å². The summed E-state index contributed by atoms with van der Waals surface area (Å²) in [6, 6.07) is 5.83. The molecule has 0 unspecified atom stereocenters. The van der Waals surface area contributed by atoms with E-state index in [1.54, 1.807) is 13.3 Å². The van der Waals surface area contributed by atoms with Crippen molar-refractivity contribution >= 4 is 17.6 Å². The Morgan fingerprint density at radius 3 is 2.76 bits per heavy atom. The van der Waals surface area contributed by atoms with E-state index in [0.29, 0.717) is 5.82 Å². The first-order chi connectivity index (χ1) is 10.3. The SMILES string of the molecule is COc1cccc(-c2cn[nH]c2N)c1OC1CCSCC1. The van der Waals surface area contributed by atoms with Crippen LogP contribution in [0.25, 0.3) is 11.1 Å². The minimum absolute atomic E-state index is 0.231. The second-order valence-corrected chi connectivity index (χ2v) is 6.19. The molecule has 3 rings (SSSR count). The molecular formula is C15H19N3O2S. The number of anilines is 1. The van der Waals surface area contributed by atoms with Crippen LogP contribution in [0, 0.1) is 0 Å². The van der Waals surface area contributed by atoms with Crippen molar-refractivity contribution in [3.05, 3.63) is 24.4 Å². The molecule has 1 aromatic carbocycles. The van der Waals surface area contributed by atoms with Gasteiger partial charge >= 0.3 is 0 Å². The number of rotatable bonds is 4. The highest BCUT2D eigenvalue weighted by molar-refractivity contribution is 7.99. The normalized spacial score (nSPS) is 15.9. The third-order valence-electron chi connectivity index (χ3n) is 3.61. The molecule has 1 aliphatic rings. The number of H-pyrrole nitrogens is 1. The Kier molecular flexibility index (Phi) is 4.24. The van der Waals surface area contributed by atoms with Crippen LogP contribution >= 0.6 is 11.8 Å². The standard InChI is InChI=1S/C15H19N3O2S/c1-19-13-4-2-3-11(12-9-17-18-15(12)16)14(13)20-10-5-7-21-8-6-10/h2-4,9-10H,5-8H2,1H3,(H3,16,17,18). The van der Waals surface area contributed by atoms with Gasteiger partial charge in [0.25, 0.3) is 0 Å². The lowest BCUT2D eigenvalue weighted by molar-refractivity contribution is 0.185. The number of nitrogens with two attached hydrogens (primary N) is 1. The van der Waals surface area contributed by atoms with E-state index >= 15 is 0 Å². The second-order valence-electron chi connectivity index (χ2n) is 4.96. The molecule has 0 amide bonds. The smallest absolute Gasteiger partial charge is 0.169 e. The fourth-order valence-corrected chi connectivity index (χ4v) is 3.54. The zero-order valence-electron chi connectivity index (χ0n) is 12.0. The maximum absolute atomic E-state index is 6.25. The number of aromatic nitrogens is 2. The summed E-state index contributed by atoms with van der Waals surface area (Å²) in [5, 5.41) is 6.76. The number of para-hydroxylation sites is 1. The fourth-order valence-electron chi connectivity index (χ4n) is 2.48. The molecule has 5 nitrogen and oxygen atoms in total. The van der Waals surface area contributed by atoms with E-state index in [0.717, 1.165) is 47.0 Å². The van der Waals surface area contributed by atoms with E-state index < -0.39 is 0 Å². The van der Waals surface area contributed by atoms with Crippen molar-refractivity contribution in [1.82, 2.24) is 10.2 Å². The number of hydrogen-bond donors (Lipinski definition) is 2. The first-order valence-electron chi connectivity index (χ1n) is 7.00. The van der Waals surface area contributed by atoms with Gasteiger partial charge in [-0.1, -0.05) is 12.1 Å². The van der Waals surface area contributed by atoms with Crippen LogP contribution in [-0.4, -0.2) is 34.9 Å². The minimum atomic E-state index is 0.231. The number of nitrogen functional groups attached to an aromatic ring is 1. The number of benzene rings is 1. The van der Waals surface area contributed by atoms with Crippen molar-refractivity contribution in [2.24, 2.45) is 0 Å². The van der Waals surface area contributed by atoms with E-state index in [9.17, 15) is 0 Å². The minimum Gasteiger partial charge on any atom is -0.493 e. The Morgan fingerprint density at radius 1 is 1.29 bits per heavy atom. The van der Waals surface area contributed by atoms with Crippen LogP contribution < -0.4 is 15.2 Å². The predicted molar refractivity (Wildman–Crippen MR) is 86.0 cm³/mol. The molecule has 6 heteroatoms. The van der Waals surface area contributed by atoms with Crippen molar-refractivity contribution in [2.45, 2.75) is 18.9 Å². The van der Waals surface area contributed by atoms with Crippen LogP contribution in [0.15, 0.2) is 24.4 Å². The van der Waals surface area contributed by atoms with Crippen molar-refractivity contribution in [1.29, 1.82) is 0 Å². The summed E-state index contributed by atoms with van der Waals surface area (Å²) in [7, 11) is 1.65. The monoisotopic (exact) mass is 305 g/mol. The lowest BCUT2D eigenvalue weighted by atomic mass is 10.1. The van der Waals surface area contributed by atoms with Crippen molar-refractivity contribution in [2.75, 3.05) is 24.3 Å². The fraction of sp³-hybridized carbons (Fsp3) is 0.400. The molecule has 3 N–H and O–H groups in total. The maximum atomic E-state index is 6.25. The van der Waals surface area contributed by atoms with Gasteiger partial charge in [-0.25, -0.2) is 0 Å². The summed E-state index contributed by atoms with van der Waals surface area (Å²) >= 11 is 1.98. The third-order valence-corrected chi connectivity index (χ3v) is 4.66. The molecule has 2 heterocycles. The van der Waals surface area contributed by atoms with Crippen LogP contribution in [0.3, 0.4) is 0 Å². The van der Waals surface area contributed by atoms with E-state index in [1.807, 2.05) is 30.0 Å². The molecule has 1 aromatic heterocycles. The predicted octanol–water partition coefficient (Wildman–Crippen LogP) is 2.94. The molecule has 112 valence electrons. The molecule has 1 saturated heterocycles. The number of nitrogens with zero attached hydrogens (tertiary/aromatic N) is 1. The first-order valence-corrected chi connectivity index (χ1v) is 8.15. The summed E-state index contributed by atoms with van der Waals surface area (Å²) in [4.78, 5) is 0. The summed E-state index contributed by atoms with van der Waals surface area (Å²) in [6.45, 7) is 0. The van der Waals surface area contributed by atoms with Gasteiger partial charge < -0.3 is 15.2 Å². The molecule has 2 aromatic rings. The van der Waals surface area contributed by atoms with Gasteiger partial charge in [-0.15, -0.1) is 0 Å². The Balaban J connectivity index is 1.97. The van der Waals surface area contributed by atoms with Gasteiger partial charge in [-0.2, -0.15) is 16.9 Å². The number of ether oxygens (including phenoxy) is 2. The van der Waals surface area contributed by atoms with E-state index in [-0.39, 0.29) is 6.10 Å². The second kappa shape index (κ2) is 6.30. The van der Waals surface area contributed by atoms with E-state index in [4.69, 9.17) is 15.2 Å². The van der Waals surface area contributed by atoms with Gasteiger partial charge in [0.1, 0.15) is 11.9 Å². The highest BCUT2D eigenvalue weighted by Crippen LogP contribution is 2.41. The zero-order chi connectivity index (χ0) is 14.7. The maximum Gasteiger partial charge on any atom is 0.169 e. The average molecular weight is 305 g/mol. The molecule has 0 aliphatic carbocycles. The number of methoxy groups -OCH3 is 1. The van der Waals surface area contributed by atoms with Crippen LogP contribution in [0.4, 0.5) is 5.82 Å². The molecular weight excluding hydrogens is 286 g/mol. The van der Waals surface area contributed by atoms with Crippen molar-refractivity contribution < 1.29 is 9.47 Å². The highest BCUT2D eigenvalue weighted by Gasteiger charge is 2.21. The Labute approximate surface area is 128 Å². The molecule has 1 fully saturated rings. The molecule has 1 aliphatic heterocycles. The lowest BCUT2D eigenvalue weighted by Crippen LogP contribution is -2.22. The Bertz CT molecular complexity index is 609. The highest BCUT2D eigenvalue weighted by atomic mass is 32.2. The van der Waals surface area contributed by atoms with Crippen LogP contribution in [0.1, 0.15) is 12.8 Å². The first kappa shape index (κ1) is 14.1. The van der Waals surface area contributed by atoms with Gasteiger partial charge in [0.2, 0.25) is 0 Å². The number of aromatic amines is 1. The number of nitrogens with one attached hydrogen (secondary N) is 1. The molecule has 0 bridgehead atoms. The lowest BCUT2D eigenvalue weighted by Gasteiger charge is -2.25. The van der Waals surface area contributed by atoms with Gasteiger partial charge in [0.15, 0.2) is 11.5 Å². The summed E-state index contributed by atoms with van der Waals surface area (Å²) in [5.74, 6) is 4.30. The van der Waals surface area contributed by atoms with Crippen molar-refractivity contribution in [3.8, 4) is 22.6 Å². The topological polar surface area (TPSA) is 73.2 Å². The van der Waals surface area contributed by atoms with Gasteiger partial charge in [0, 0.05) is 11.1 Å². The van der Waals surface area contributed by atoms with Crippen LogP contribution in [0.5, 0.6) is 11.5 Å². The Morgan fingerprint density at radius 2 is 2.10 bits per heavy atom. The van der Waals surface area contributed by atoms with Crippen molar-refractivity contribution in [3.63, 3.8) is 0 Å². The van der Waals surface area contributed by atoms with Gasteiger partial charge in [-0.3, -0.25) is 5.10 Å².